The SMILES string of the molecule is Cc1ccc(-c2cc(NC3CC3)ncn2)cc1. The van der Waals surface area contributed by atoms with Crippen molar-refractivity contribution in [2.45, 2.75) is 25.8 Å². The van der Waals surface area contributed by atoms with E-state index in [0.717, 1.165) is 17.1 Å². The fourth-order valence-corrected chi connectivity index (χ4v) is 1.76. The molecule has 1 aromatic carbocycles. The average molecular weight is 225 g/mol. The molecule has 1 aliphatic carbocycles. The molecule has 3 rings (SSSR count). The zero-order valence-electron chi connectivity index (χ0n) is 9.85. The Morgan fingerprint density at radius 2 is 1.88 bits per heavy atom. The fourth-order valence-electron chi connectivity index (χ4n) is 1.76. The molecular formula is C14H15N3. The van der Waals surface area contributed by atoms with Gasteiger partial charge in [-0.2, -0.15) is 0 Å². The van der Waals surface area contributed by atoms with Gasteiger partial charge in [0.15, 0.2) is 0 Å². The zero-order valence-corrected chi connectivity index (χ0v) is 9.85. The van der Waals surface area contributed by atoms with E-state index in [9.17, 15) is 0 Å². The van der Waals surface area contributed by atoms with E-state index in [1.165, 1.54) is 18.4 Å². The molecular weight excluding hydrogens is 210 g/mol. The molecule has 2 aromatic rings. The minimum absolute atomic E-state index is 0.621. The highest BCUT2D eigenvalue weighted by Crippen LogP contribution is 2.25. The first-order valence-corrected chi connectivity index (χ1v) is 5.97. The zero-order chi connectivity index (χ0) is 11.7. The Hall–Kier alpha value is -1.90. The topological polar surface area (TPSA) is 37.8 Å². The van der Waals surface area contributed by atoms with Crippen LogP contribution < -0.4 is 5.32 Å². The van der Waals surface area contributed by atoms with Crippen LogP contribution in [0.15, 0.2) is 36.7 Å². The van der Waals surface area contributed by atoms with Gasteiger partial charge < -0.3 is 5.32 Å². The number of aromatic nitrogens is 2. The van der Waals surface area contributed by atoms with Gasteiger partial charge in [0.2, 0.25) is 0 Å². The smallest absolute Gasteiger partial charge is 0.130 e. The lowest BCUT2D eigenvalue weighted by molar-refractivity contribution is 1.08. The van der Waals surface area contributed by atoms with Crippen LogP contribution in [0.25, 0.3) is 11.3 Å². The quantitative estimate of drug-likeness (QED) is 0.872. The molecule has 0 unspecified atom stereocenters. The lowest BCUT2D eigenvalue weighted by atomic mass is 10.1. The first kappa shape index (κ1) is 10.3. The molecule has 1 saturated carbocycles. The number of rotatable bonds is 3. The summed E-state index contributed by atoms with van der Waals surface area (Å²) in [6.07, 6.45) is 4.13. The van der Waals surface area contributed by atoms with E-state index in [1.807, 2.05) is 6.07 Å². The summed E-state index contributed by atoms with van der Waals surface area (Å²) in [5.74, 6) is 0.929. The first-order chi connectivity index (χ1) is 8.31. The van der Waals surface area contributed by atoms with Gasteiger partial charge in [0.1, 0.15) is 12.1 Å². The monoisotopic (exact) mass is 225 g/mol. The molecule has 1 N–H and O–H groups in total. The predicted octanol–water partition coefficient (Wildman–Crippen LogP) is 3.03. The van der Waals surface area contributed by atoms with Crippen LogP contribution in [-0.2, 0) is 0 Å². The second-order valence-corrected chi connectivity index (χ2v) is 4.57. The summed E-state index contributed by atoms with van der Waals surface area (Å²) in [7, 11) is 0. The Labute approximate surface area is 101 Å². The summed E-state index contributed by atoms with van der Waals surface area (Å²) in [4.78, 5) is 8.56. The lowest BCUT2D eigenvalue weighted by Gasteiger charge is -2.05. The Bertz CT molecular complexity index is 515. The fraction of sp³-hybridized carbons (Fsp3) is 0.286. The van der Waals surface area contributed by atoms with Crippen molar-refractivity contribution in [3.63, 3.8) is 0 Å². The van der Waals surface area contributed by atoms with Crippen LogP contribution in [0, 0.1) is 6.92 Å². The molecule has 0 saturated heterocycles. The molecule has 3 heteroatoms. The maximum Gasteiger partial charge on any atom is 0.130 e. The van der Waals surface area contributed by atoms with Gasteiger partial charge in [-0.05, 0) is 19.8 Å². The van der Waals surface area contributed by atoms with E-state index in [1.54, 1.807) is 6.33 Å². The summed E-state index contributed by atoms with van der Waals surface area (Å²) < 4.78 is 0. The molecule has 1 aromatic heterocycles. The molecule has 0 bridgehead atoms. The molecule has 1 heterocycles. The van der Waals surface area contributed by atoms with Crippen molar-refractivity contribution < 1.29 is 0 Å². The molecule has 0 aliphatic heterocycles. The minimum Gasteiger partial charge on any atom is -0.367 e. The Kier molecular flexibility index (Phi) is 2.52. The highest BCUT2D eigenvalue weighted by atomic mass is 15.1. The second kappa shape index (κ2) is 4.17. The Balaban J connectivity index is 1.88. The van der Waals surface area contributed by atoms with Gasteiger partial charge in [-0.1, -0.05) is 29.8 Å². The van der Waals surface area contributed by atoms with Crippen molar-refractivity contribution in [3.05, 3.63) is 42.2 Å². The van der Waals surface area contributed by atoms with Crippen molar-refractivity contribution in [2.75, 3.05) is 5.32 Å². The average Bonchev–Trinajstić information content (AvgIpc) is 3.14. The summed E-state index contributed by atoms with van der Waals surface area (Å²) in [6, 6.07) is 11.0. The number of aryl methyl sites for hydroxylation is 1. The van der Waals surface area contributed by atoms with E-state index in [2.05, 4.69) is 46.5 Å². The van der Waals surface area contributed by atoms with Crippen LogP contribution >= 0.6 is 0 Å². The van der Waals surface area contributed by atoms with E-state index < -0.39 is 0 Å². The van der Waals surface area contributed by atoms with Crippen LogP contribution in [0.5, 0.6) is 0 Å². The van der Waals surface area contributed by atoms with Gasteiger partial charge in [-0.3, -0.25) is 0 Å². The minimum atomic E-state index is 0.621. The number of hydrogen-bond donors (Lipinski definition) is 1. The highest BCUT2D eigenvalue weighted by molar-refractivity contribution is 5.62. The predicted molar refractivity (Wildman–Crippen MR) is 68.8 cm³/mol. The van der Waals surface area contributed by atoms with E-state index in [-0.39, 0.29) is 0 Å². The number of nitrogens with one attached hydrogen (secondary N) is 1. The van der Waals surface area contributed by atoms with Crippen molar-refractivity contribution >= 4 is 5.82 Å². The normalized spacial score (nSPS) is 14.6. The third-order valence-corrected chi connectivity index (χ3v) is 2.94. The lowest BCUT2D eigenvalue weighted by Crippen LogP contribution is -2.03. The molecule has 3 nitrogen and oxygen atoms in total. The van der Waals surface area contributed by atoms with Gasteiger partial charge in [-0.25, -0.2) is 9.97 Å². The summed E-state index contributed by atoms with van der Waals surface area (Å²) >= 11 is 0. The van der Waals surface area contributed by atoms with Gasteiger partial charge >= 0.3 is 0 Å². The number of anilines is 1. The van der Waals surface area contributed by atoms with E-state index >= 15 is 0 Å². The maximum atomic E-state index is 4.32. The summed E-state index contributed by atoms with van der Waals surface area (Å²) in [5, 5.41) is 3.39. The van der Waals surface area contributed by atoms with Crippen LogP contribution in [0.4, 0.5) is 5.82 Å². The van der Waals surface area contributed by atoms with Crippen molar-refractivity contribution in [3.8, 4) is 11.3 Å². The van der Waals surface area contributed by atoms with Crippen LogP contribution in [0.2, 0.25) is 0 Å². The van der Waals surface area contributed by atoms with Crippen LogP contribution in [0.3, 0.4) is 0 Å². The maximum absolute atomic E-state index is 4.32. The Morgan fingerprint density at radius 3 is 2.59 bits per heavy atom. The van der Waals surface area contributed by atoms with Crippen LogP contribution in [0.1, 0.15) is 18.4 Å². The molecule has 0 radical (unpaired) electrons. The second-order valence-electron chi connectivity index (χ2n) is 4.57. The van der Waals surface area contributed by atoms with Crippen molar-refractivity contribution in [1.82, 2.24) is 9.97 Å². The van der Waals surface area contributed by atoms with Crippen molar-refractivity contribution in [1.29, 1.82) is 0 Å². The van der Waals surface area contributed by atoms with Crippen LogP contribution in [-0.4, -0.2) is 16.0 Å². The van der Waals surface area contributed by atoms with Gasteiger partial charge in [0.25, 0.3) is 0 Å². The van der Waals surface area contributed by atoms with Gasteiger partial charge in [0, 0.05) is 17.7 Å². The standard InChI is InChI=1S/C14H15N3/c1-10-2-4-11(5-3-10)13-8-14(16-9-15-13)17-12-6-7-12/h2-5,8-9,12H,6-7H2,1H3,(H,15,16,17). The molecule has 86 valence electrons. The highest BCUT2D eigenvalue weighted by Gasteiger charge is 2.21. The van der Waals surface area contributed by atoms with E-state index in [4.69, 9.17) is 0 Å². The summed E-state index contributed by atoms with van der Waals surface area (Å²) in [6.45, 7) is 2.09. The third-order valence-electron chi connectivity index (χ3n) is 2.94. The molecule has 1 aliphatic rings. The van der Waals surface area contributed by atoms with Gasteiger partial charge in [-0.15, -0.1) is 0 Å². The molecule has 0 amide bonds. The molecule has 0 atom stereocenters. The van der Waals surface area contributed by atoms with Gasteiger partial charge in [0.05, 0.1) is 5.69 Å². The van der Waals surface area contributed by atoms with E-state index in [0.29, 0.717) is 6.04 Å². The Morgan fingerprint density at radius 1 is 1.12 bits per heavy atom. The number of hydrogen-bond acceptors (Lipinski definition) is 3. The number of benzene rings is 1. The third kappa shape index (κ3) is 2.44. The molecule has 17 heavy (non-hydrogen) atoms. The summed E-state index contributed by atoms with van der Waals surface area (Å²) in [5.41, 5.74) is 3.37. The molecule has 1 fully saturated rings. The molecule has 0 spiro atoms. The van der Waals surface area contributed by atoms with Crippen molar-refractivity contribution in [2.24, 2.45) is 0 Å². The number of nitrogens with zero attached hydrogens (tertiary/aromatic N) is 2. The largest absolute Gasteiger partial charge is 0.367 e. The first-order valence-electron chi connectivity index (χ1n) is 5.97.